The van der Waals surface area contributed by atoms with Crippen LogP contribution in [0.3, 0.4) is 0 Å². The van der Waals surface area contributed by atoms with Gasteiger partial charge in [-0.05, 0) is 22.8 Å². The van der Waals surface area contributed by atoms with Crippen molar-refractivity contribution in [1.29, 1.82) is 0 Å². The molecule has 0 aliphatic carbocycles. The fraction of sp³-hybridized carbons (Fsp3) is 0. The minimum absolute atomic E-state index is 0.282. The van der Waals surface area contributed by atoms with E-state index in [0.29, 0.717) is 11.0 Å². The highest BCUT2D eigenvalue weighted by Gasteiger charge is 2.09. The van der Waals surface area contributed by atoms with E-state index in [0.717, 1.165) is 5.69 Å². The maximum atomic E-state index is 8.47. The number of aromatic nitrogens is 4. The van der Waals surface area contributed by atoms with Gasteiger partial charge in [0.1, 0.15) is 12.1 Å². The van der Waals surface area contributed by atoms with Crippen molar-refractivity contribution in [2.24, 2.45) is 5.11 Å². The zero-order valence-electron chi connectivity index (χ0n) is 9.17. The molecule has 86 valence electrons. The van der Waals surface area contributed by atoms with Crippen LogP contribution in [0.2, 0.25) is 0 Å². The van der Waals surface area contributed by atoms with Crippen LogP contribution in [0.15, 0.2) is 48.0 Å². The van der Waals surface area contributed by atoms with Gasteiger partial charge in [-0.25, -0.2) is 14.6 Å². The first-order chi connectivity index (χ1) is 8.90. The van der Waals surface area contributed by atoms with Gasteiger partial charge in [0.2, 0.25) is 0 Å². The van der Waals surface area contributed by atoms with Crippen molar-refractivity contribution in [2.75, 3.05) is 0 Å². The minimum atomic E-state index is 0.282. The van der Waals surface area contributed by atoms with E-state index >= 15 is 0 Å². The monoisotopic (exact) mass is 237 g/mol. The molecule has 3 aromatic rings. The van der Waals surface area contributed by atoms with Crippen molar-refractivity contribution < 1.29 is 0 Å². The minimum Gasteiger partial charge on any atom is -0.234 e. The lowest BCUT2D eigenvalue weighted by atomic mass is 10.3. The summed E-state index contributed by atoms with van der Waals surface area (Å²) >= 11 is 0. The highest BCUT2D eigenvalue weighted by Crippen LogP contribution is 2.23. The maximum absolute atomic E-state index is 8.47. The average Bonchev–Trinajstić information content (AvgIpc) is 2.85. The molecule has 0 radical (unpaired) electrons. The Morgan fingerprint density at radius 1 is 1.17 bits per heavy atom. The van der Waals surface area contributed by atoms with Crippen molar-refractivity contribution in [3.8, 4) is 5.69 Å². The van der Waals surface area contributed by atoms with Crippen LogP contribution in [0.5, 0.6) is 0 Å². The zero-order chi connectivity index (χ0) is 12.4. The molecule has 2 heterocycles. The number of fused-ring (bicyclic) bond motifs is 1. The SMILES string of the molecule is [N-]=[N+]=Nc1ncnc2c1cnn2-c1ccccc1. The molecule has 7 heteroatoms. The van der Waals surface area contributed by atoms with Crippen molar-refractivity contribution >= 4 is 16.9 Å². The number of azide groups is 1. The topological polar surface area (TPSA) is 92.4 Å². The Morgan fingerprint density at radius 2 is 2.00 bits per heavy atom. The summed E-state index contributed by atoms with van der Waals surface area (Å²) in [6.45, 7) is 0. The number of para-hydroxylation sites is 1. The molecule has 18 heavy (non-hydrogen) atoms. The van der Waals surface area contributed by atoms with E-state index in [1.807, 2.05) is 30.3 Å². The molecular weight excluding hydrogens is 230 g/mol. The molecule has 0 atom stereocenters. The van der Waals surface area contributed by atoms with Crippen molar-refractivity contribution in [3.63, 3.8) is 0 Å². The van der Waals surface area contributed by atoms with E-state index in [9.17, 15) is 0 Å². The summed E-state index contributed by atoms with van der Waals surface area (Å²) in [7, 11) is 0. The predicted octanol–water partition coefficient (Wildman–Crippen LogP) is 2.76. The lowest BCUT2D eigenvalue weighted by Crippen LogP contribution is -1.96. The molecule has 0 amide bonds. The Hall–Kier alpha value is -2.92. The summed E-state index contributed by atoms with van der Waals surface area (Å²) in [5.74, 6) is 0.282. The van der Waals surface area contributed by atoms with Gasteiger partial charge in [-0.1, -0.05) is 18.2 Å². The van der Waals surface area contributed by atoms with Crippen LogP contribution in [-0.4, -0.2) is 19.7 Å². The molecule has 3 rings (SSSR count). The summed E-state index contributed by atoms with van der Waals surface area (Å²) < 4.78 is 1.67. The van der Waals surface area contributed by atoms with Crippen LogP contribution in [-0.2, 0) is 0 Å². The zero-order valence-corrected chi connectivity index (χ0v) is 9.17. The average molecular weight is 237 g/mol. The largest absolute Gasteiger partial charge is 0.234 e. The third kappa shape index (κ3) is 1.55. The normalized spacial score (nSPS) is 10.2. The lowest BCUT2D eigenvalue weighted by molar-refractivity contribution is 0.895. The maximum Gasteiger partial charge on any atom is 0.166 e. The third-order valence-corrected chi connectivity index (χ3v) is 2.48. The molecule has 0 saturated carbocycles. The van der Waals surface area contributed by atoms with E-state index in [4.69, 9.17) is 5.53 Å². The summed E-state index contributed by atoms with van der Waals surface area (Å²) in [5.41, 5.74) is 9.97. The Morgan fingerprint density at radius 3 is 2.78 bits per heavy atom. The molecule has 7 nitrogen and oxygen atoms in total. The van der Waals surface area contributed by atoms with Gasteiger partial charge in [0.25, 0.3) is 0 Å². The summed E-state index contributed by atoms with van der Waals surface area (Å²) in [4.78, 5) is 10.8. The van der Waals surface area contributed by atoms with Crippen LogP contribution in [0.1, 0.15) is 0 Å². The van der Waals surface area contributed by atoms with Crippen LogP contribution >= 0.6 is 0 Å². The highest BCUT2D eigenvalue weighted by atomic mass is 15.3. The molecule has 0 bridgehead atoms. The molecule has 0 aliphatic heterocycles. The number of hydrogen-bond donors (Lipinski definition) is 0. The summed E-state index contributed by atoms with van der Waals surface area (Å²) in [6.07, 6.45) is 2.94. The van der Waals surface area contributed by atoms with Crippen molar-refractivity contribution in [1.82, 2.24) is 19.7 Å². The van der Waals surface area contributed by atoms with E-state index in [1.165, 1.54) is 6.33 Å². The smallest absolute Gasteiger partial charge is 0.166 e. The first kappa shape index (κ1) is 10.2. The quantitative estimate of drug-likeness (QED) is 0.389. The third-order valence-electron chi connectivity index (χ3n) is 2.48. The molecule has 0 unspecified atom stereocenters. The Balaban J connectivity index is 2.28. The lowest BCUT2D eigenvalue weighted by Gasteiger charge is -2.01. The second-order valence-electron chi connectivity index (χ2n) is 3.52. The van der Waals surface area contributed by atoms with E-state index < -0.39 is 0 Å². The van der Waals surface area contributed by atoms with Crippen LogP contribution < -0.4 is 0 Å². The summed E-state index contributed by atoms with van der Waals surface area (Å²) in [6, 6.07) is 9.59. The second-order valence-corrected chi connectivity index (χ2v) is 3.52. The Kier molecular flexibility index (Phi) is 2.37. The van der Waals surface area contributed by atoms with Crippen LogP contribution in [0, 0.1) is 0 Å². The van der Waals surface area contributed by atoms with E-state index in [2.05, 4.69) is 25.1 Å². The molecule has 0 aliphatic rings. The van der Waals surface area contributed by atoms with Crippen molar-refractivity contribution in [2.45, 2.75) is 0 Å². The van der Waals surface area contributed by atoms with Gasteiger partial charge in [-0.3, -0.25) is 0 Å². The number of benzene rings is 1. The van der Waals surface area contributed by atoms with Gasteiger partial charge >= 0.3 is 0 Å². The number of rotatable bonds is 2. The fourth-order valence-corrected chi connectivity index (χ4v) is 1.71. The number of hydrogen-bond acceptors (Lipinski definition) is 4. The van der Waals surface area contributed by atoms with Gasteiger partial charge in [-0.2, -0.15) is 5.10 Å². The molecule has 1 aromatic carbocycles. The van der Waals surface area contributed by atoms with Crippen LogP contribution in [0.25, 0.3) is 27.2 Å². The Labute approximate surface area is 101 Å². The molecule has 2 aromatic heterocycles. The second kappa shape index (κ2) is 4.15. The molecular formula is C11H7N7. The van der Waals surface area contributed by atoms with E-state index in [1.54, 1.807) is 10.9 Å². The molecule has 0 N–H and O–H groups in total. The molecule has 0 fully saturated rings. The first-order valence-corrected chi connectivity index (χ1v) is 5.19. The van der Waals surface area contributed by atoms with Gasteiger partial charge in [-0.15, -0.1) is 0 Å². The van der Waals surface area contributed by atoms with E-state index in [-0.39, 0.29) is 5.82 Å². The standard InChI is InChI=1S/C11H7N7/c12-17-16-10-9-6-15-18(11(9)14-7-13-10)8-4-2-1-3-5-8/h1-7H. The van der Waals surface area contributed by atoms with Gasteiger partial charge in [0, 0.05) is 4.91 Å². The van der Waals surface area contributed by atoms with Gasteiger partial charge in [0.05, 0.1) is 17.3 Å². The van der Waals surface area contributed by atoms with Crippen LogP contribution in [0.4, 0.5) is 5.82 Å². The summed E-state index contributed by atoms with van der Waals surface area (Å²) in [5, 5.41) is 8.38. The number of nitrogens with zero attached hydrogens (tertiary/aromatic N) is 7. The predicted molar refractivity (Wildman–Crippen MR) is 65.5 cm³/mol. The molecule has 0 spiro atoms. The van der Waals surface area contributed by atoms with Gasteiger partial charge in [0.15, 0.2) is 5.65 Å². The highest BCUT2D eigenvalue weighted by molar-refractivity contribution is 5.85. The van der Waals surface area contributed by atoms with Crippen molar-refractivity contribution in [3.05, 3.63) is 53.3 Å². The molecule has 0 saturated heterocycles. The Bertz CT molecular complexity index is 740. The van der Waals surface area contributed by atoms with Gasteiger partial charge < -0.3 is 0 Å². The fourth-order valence-electron chi connectivity index (χ4n) is 1.71. The first-order valence-electron chi connectivity index (χ1n) is 5.19.